The lowest BCUT2D eigenvalue weighted by Crippen LogP contribution is -2.25. The van der Waals surface area contributed by atoms with E-state index in [0.29, 0.717) is 44.0 Å². The normalized spacial score (nSPS) is 9.83. The lowest BCUT2D eigenvalue weighted by atomic mass is 10.3. The van der Waals surface area contributed by atoms with Crippen LogP contribution in [0.5, 0.6) is 0 Å². The van der Waals surface area contributed by atoms with E-state index in [9.17, 15) is 19.2 Å². The van der Waals surface area contributed by atoms with E-state index < -0.39 is 30.2 Å². The van der Waals surface area contributed by atoms with Gasteiger partial charge in [0, 0.05) is 28.7 Å². The van der Waals surface area contributed by atoms with Gasteiger partial charge >= 0.3 is 23.9 Å². The van der Waals surface area contributed by atoms with Gasteiger partial charge in [0.2, 0.25) is 6.29 Å². The van der Waals surface area contributed by atoms with E-state index in [1.54, 1.807) is 13.8 Å². The molecule has 0 aromatic rings. The van der Waals surface area contributed by atoms with Crippen molar-refractivity contribution >= 4 is 23.9 Å². The van der Waals surface area contributed by atoms with Gasteiger partial charge in [-0.1, -0.05) is 33.2 Å². The van der Waals surface area contributed by atoms with Crippen LogP contribution < -0.4 is 0 Å². The third-order valence-corrected chi connectivity index (χ3v) is 3.69. The summed E-state index contributed by atoms with van der Waals surface area (Å²) >= 11 is 0. The van der Waals surface area contributed by atoms with E-state index in [4.69, 9.17) is 28.4 Å². The first-order chi connectivity index (χ1) is 16.8. The summed E-state index contributed by atoms with van der Waals surface area (Å²) in [7, 11) is 0. The van der Waals surface area contributed by atoms with Crippen LogP contribution in [0.4, 0.5) is 0 Å². The summed E-state index contributed by atoms with van der Waals surface area (Å²) in [6.45, 7) is 23.7. The predicted molar refractivity (Wildman–Crippen MR) is 134 cm³/mol. The molecule has 0 amide bonds. The zero-order chi connectivity index (χ0) is 28.1. The summed E-state index contributed by atoms with van der Waals surface area (Å²) in [6.07, 6.45) is 0.328. The highest BCUT2D eigenvalue weighted by Gasteiger charge is 2.18. The lowest BCUT2D eigenvalue weighted by molar-refractivity contribution is -0.183. The summed E-state index contributed by atoms with van der Waals surface area (Å²) < 4.78 is 29.9. The average Bonchev–Trinajstić information content (AvgIpc) is 2.79. The maximum absolute atomic E-state index is 11.2. The van der Waals surface area contributed by atoms with Gasteiger partial charge in [-0.3, -0.25) is 0 Å². The van der Waals surface area contributed by atoms with Gasteiger partial charge in [-0.05, 0) is 34.1 Å². The first-order valence-corrected chi connectivity index (χ1v) is 11.4. The maximum Gasteiger partial charge on any atom is 0.336 e. The molecule has 0 unspecified atom stereocenters. The molecule has 0 aliphatic rings. The first kappa shape index (κ1) is 34.9. The van der Waals surface area contributed by atoms with E-state index in [0.717, 1.165) is 6.42 Å². The van der Waals surface area contributed by atoms with E-state index >= 15 is 0 Å². The Morgan fingerprint density at radius 3 is 1.14 bits per heavy atom. The number of ether oxygens (including phenoxy) is 6. The van der Waals surface area contributed by atoms with Crippen molar-refractivity contribution in [3.05, 3.63) is 48.6 Å². The number of rotatable bonds is 17. The third kappa shape index (κ3) is 20.2. The van der Waals surface area contributed by atoms with Crippen molar-refractivity contribution in [3.63, 3.8) is 0 Å². The van der Waals surface area contributed by atoms with Crippen LogP contribution >= 0.6 is 0 Å². The van der Waals surface area contributed by atoms with E-state index in [-0.39, 0.29) is 24.4 Å². The van der Waals surface area contributed by atoms with Gasteiger partial charge in [0.1, 0.15) is 13.2 Å². The van der Waals surface area contributed by atoms with Gasteiger partial charge in [-0.2, -0.15) is 0 Å². The second-order valence-corrected chi connectivity index (χ2v) is 7.65. The molecule has 10 heteroatoms. The molecule has 0 atom stereocenters. The Balaban J connectivity index is 0. The molecular weight excluding hydrogens is 472 g/mol. The Morgan fingerprint density at radius 2 is 0.861 bits per heavy atom. The van der Waals surface area contributed by atoms with Crippen molar-refractivity contribution in [1.82, 2.24) is 0 Å². The van der Waals surface area contributed by atoms with Crippen molar-refractivity contribution in [3.8, 4) is 0 Å². The molecule has 0 fully saturated rings. The van der Waals surface area contributed by atoms with Crippen LogP contribution in [0.3, 0.4) is 0 Å². The van der Waals surface area contributed by atoms with Gasteiger partial charge in [-0.25, -0.2) is 19.2 Å². The zero-order valence-corrected chi connectivity index (χ0v) is 22.1. The van der Waals surface area contributed by atoms with Crippen molar-refractivity contribution in [2.24, 2.45) is 0 Å². The molecule has 36 heavy (non-hydrogen) atoms. The van der Waals surface area contributed by atoms with Crippen LogP contribution in [0.2, 0.25) is 0 Å². The molecule has 0 aliphatic heterocycles. The van der Waals surface area contributed by atoms with Crippen molar-refractivity contribution in [1.29, 1.82) is 0 Å². The fourth-order valence-electron chi connectivity index (χ4n) is 1.77. The van der Waals surface area contributed by atoms with E-state index in [1.165, 1.54) is 13.8 Å². The zero-order valence-electron chi connectivity index (χ0n) is 22.1. The third-order valence-electron chi connectivity index (χ3n) is 3.69. The molecule has 0 saturated carbocycles. The number of esters is 4. The molecule has 0 saturated heterocycles. The standard InChI is InChI=1S/C14H22O6.C12H18O4/c1-11(2)13(15)19-9-7-17-5-6-18-8-10-20-14(16)12(3)4;1-6-7-10(15-11(13)8(2)3)16-12(14)9(4)5/h1,3,5-10H2,2,4H3;10H,2,4,6-7H2,1,3,5H3. The quantitative estimate of drug-likeness (QED) is 0.0938. The molecular formula is C26H40O10. The van der Waals surface area contributed by atoms with Crippen LogP contribution in [0.25, 0.3) is 0 Å². The highest BCUT2D eigenvalue weighted by molar-refractivity contribution is 5.88. The summed E-state index contributed by atoms with van der Waals surface area (Å²) in [5.74, 6) is -1.98. The molecule has 0 rings (SSSR count). The average molecular weight is 513 g/mol. The Bertz CT molecular complexity index is 720. The van der Waals surface area contributed by atoms with Crippen LogP contribution in [-0.4, -0.2) is 69.8 Å². The van der Waals surface area contributed by atoms with Gasteiger partial charge in [-0.15, -0.1) is 0 Å². The van der Waals surface area contributed by atoms with Crippen LogP contribution in [0.15, 0.2) is 48.6 Å². The number of hydrogen-bond donors (Lipinski definition) is 0. The molecule has 0 aromatic heterocycles. The van der Waals surface area contributed by atoms with E-state index in [2.05, 4.69) is 26.3 Å². The fourth-order valence-corrected chi connectivity index (χ4v) is 1.77. The van der Waals surface area contributed by atoms with Crippen molar-refractivity contribution < 1.29 is 47.6 Å². The Hall–Kier alpha value is -3.24. The summed E-state index contributed by atoms with van der Waals surface area (Å²) in [6, 6.07) is 0. The Labute approximate surface area is 213 Å². The minimum Gasteiger partial charge on any atom is -0.460 e. The highest BCUT2D eigenvalue weighted by Crippen LogP contribution is 2.09. The minimum atomic E-state index is -0.863. The van der Waals surface area contributed by atoms with Gasteiger partial charge in [0.05, 0.1) is 26.4 Å². The number of carbonyl (C=O) groups excluding carboxylic acids is 4. The van der Waals surface area contributed by atoms with Gasteiger partial charge in [0.15, 0.2) is 0 Å². The smallest absolute Gasteiger partial charge is 0.336 e. The molecule has 204 valence electrons. The summed E-state index contributed by atoms with van der Waals surface area (Å²) in [4.78, 5) is 44.5. The topological polar surface area (TPSA) is 124 Å². The second-order valence-electron chi connectivity index (χ2n) is 7.65. The molecule has 0 aromatic carbocycles. The van der Waals surface area contributed by atoms with E-state index in [1.807, 2.05) is 6.92 Å². The van der Waals surface area contributed by atoms with Crippen LogP contribution in [0, 0.1) is 0 Å². The fraction of sp³-hybridized carbons (Fsp3) is 0.538. The monoisotopic (exact) mass is 512 g/mol. The molecule has 0 bridgehead atoms. The lowest BCUT2D eigenvalue weighted by Gasteiger charge is -2.17. The van der Waals surface area contributed by atoms with Crippen molar-refractivity contribution in [2.75, 3.05) is 39.6 Å². The highest BCUT2D eigenvalue weighted by atomic mass is 16.7. The van der Waals surface area contributed by atoms with Gasteiger partial charge < -0.3 is 28.4 Å². The molecule has 10 nitrogen and oxygen atoms in total. The summed E-state index contributed by atoms with van der Waals surface area (Å²) in [5.41, 5.74) is 1.26. The molecule has 0 heterocycles. The SMILES string of the molecule is C=C(C)C(=O)OC(CCC)OC(=O)C(=C)C.C=C(C)C(=O)OCCOCCOCCOC(=O)C(=C)C. The largest absolute Gasteiger partial charge is 0.460 e. The van der Waals surface area contributed by atoms with Crippen LogP contribution in [0.1, 0.15) is 47.5 Å². The molecule has 0 N–H and O–H groups in total. The molecule has 0 spiro atoms. The molecule has 0 radical (unpaired) electrons. The first-order valence-electron chi connectivity index (χ1n) is 11.4. The Morgan fingerprint density at radius 1 is 0.556 bits per heavy atom. The maximum atomic E-state index is 11.2. The second kappa shape index (κ2) is 21.1. The predicted octanol–water partition coefficient (Wildman–Crippen LogP) is 3.61. The van der Waals surface area contributed by atoms with Crippen molar-refractivity contribution in [2.45, 2.75) is 53.8 Å². The van der Waals surface area contributed by atoms with Gasteiger partial charge in [0.25, 0.3) is 0 Å². The molecule has 0 aliphatic carbocycles. The number of hydrogen-bond acceptors (Lipinski definition) is 10. The Kier molecular flexibility index (Phi) is 20.4. The van der Waals surface area contributed by atoms with Crippen LogP contribution in [-0.2, 0) is 47.6 Å². The minimum absolute atomic E-state index is 0.182. The summed E-state index contributed by atoms with van der Waals surface area (Å²) in [5, 5.41) is 0. The number of carbonyl (C=O) groups is 4.